The van der Waals surface area contributed by atoms with Crippen LogP contribution in [-0.4, -0.2) is 21.9 Å². The minimum absolute atomic E-state index is 0.0421. The average molecular weight is 245 g/mol. The Morgan fingerprint density at radius 1 is 1.53 bits per heavy atom. The molecule has 0 radical (unpaired) electrons. The number of aryl methyl sites for hydroxylation is 1. The molecule has 0 aromatic heterocycles. The van der Waals surface area contributed by atoms with Crippen LogP contribution in [0, 0.1) is 17.0 Å². The van der Waals surface area contributed by atoms with Crippen molar-refractivity contribution in [2.24, 2.45) is 0 Å². The first kappa shape index (κ1) is 13.0. The van der Waals surface area contributed by atoms with Crippen molar-refractivity contribution in [3.05, 3.63) is 39.4 Å². The molecule has 0 unspecified atom stereocenters. The van der Waals surface area contributed by atoms with Gasteiger partial charge in [-0.25, -0.2) is 4.79 Å². The normalized spacial score (nSPS) is 11.2. The number of rotatable bonds is 4. The zero-order valence-electron chi connectivity index (χ0n) is 8.81. The first-order chi connectivity index (χ1) is 7.74. The molecule has 92 valence electrons. The van der Waals surface area contributed by atoms with Crippen molar-refractivity contribution >= 4 is 11.7 Å². The van der Waals surface area contributed by atoms with E-state index in [1.807, 2.05) is 0 Å². The van der Waals surface area contributed by atoms with Crippen LogP contribution in [-0.2, 0) is 11.2 Å². The van der Waals surface area contributed by atoms with Gasteiger partial charge >= 0.3 is 11.9 Å². The summed E-state index contributed by atoms with van der Waals surface area (Å²) in [6.07, 6.45) is -0.985. The molecule has 1 aromatic rings. The largest absolute Gasteiger partial charge is 0.477 e. The number of nitro benzene ring substituents is 1. The lowest BCUT2D eigenvalue weighted by molar-refractivity contribution is -0.385. The molecule has 0 fully saturated rings. The molecule has 17 heavy (non-hydrogen) atoms. The lowest BCUT2D eigenvalue weighted by atomic mass is 10.0. The van der Waals surface area contributed by atoms with Crippen molar-refractivity contribution in [3.8, 4) is 0 Å². The van der Waals surface area contributed by atoms with E-state index in [0.29, 0.717) is 0 Å². The van der Waals surface area contributed by atoms with E-state index in [9.17, 15) is 23.7 Å². The first-order valence-corrected chi connectivity index (χ1v) is 4.59. The number of halogens is 2. The number of hydrogen-bond acceptors (Lipinski definition) is 3. The highest BCUT2D eigenvalue weighted by atomic mass is 19.3. The number of alkyl halides is 2. The van der Waals surface area contributed by atoms with E-state index >= 15 is 0 Å². The van der Waals surface area contributed by atoms with E-state index in [1.165, 1.54) is 13.0 Å². The van der Waals surface area contributed by atoms with Gasteiger partial charge in [-0.15, -0.1) is 0 Å². The predicted octanol–water partition coefficient (Wildman–Crippen LogP) is 2.17. The van der Waals surface area contributed by atoms with Crippen molar-refractivity contribution in [2.45, 2.75) is 19.3 Å². The van der Waals surface area contributed by atoms with Gasteiger partial charge in [-0.05, 0) is 18.6 Å². The Hall–Kier alpha value is -2.05. The Balaban J connectivity index is 2.99. The highest BCUT2D eigenvalue weighted by molar-refractivity contribution is 5.75. The first-order valence-electron chi connectivity index (χ1n) is 4.59. The van der Waals surface area contributed by atoms with Crippen LogP contribution in [0.15, 0.2) is 18.2 Å². The second kappa shape index (κ2) is 4.44. The van der Waals surface area contributed by atoms with Crippen molar-refractivity contribution in [1.82, 2.24) is 0 Å². The number of benzene rings is 1. The minimum Gasteiger partial charge on any atom is -0.477 e. The lowest BCUT2D eigenvalue weighted by Gasteiger charge is -2.11. The highest BCUT2D eigenvalue weighted by Gasteiger charge is 2.38. The van der Waals surface area contributed by atoms with E-state index in [2.05, 4.69) is 0 Å². The Kier molecular flexibility index (Phi) is 3.40. The van der Waals surface area contributed by atoms with E-state index < -0.39 is 23.2 Å². The van der Waals surface area contributed by atoms with Crippen LogP contribution < -0.4 is 0 Å². The van der Waals surface area contributed by atoms with Gasteiger partial charge in [0.1, 0.15) is 0 Å². The third kappa shape index (κ3) is 2.96. The highest BCUT2D eigenvalue weighted by Crippen LogP contribution is 2.24. The van der Waals surface area contributed by atoms with Crippen LogP contribution in [0.25, 0.3) is 0 Å². The smallest absolute Gasteiger partial charge is 0.374 e. The fourth-order valence-corrected chi connectivity index (χ4v) is 1.36. The zero-order valence-corrected chi connectivity index (χ0v) is 8.81. The minimum atomic E-state index is -3.87. The Bertz CT molecular complexity index is 473. The molecule has 0 aliphatic heterocycles. The molecular formula is C10H9F2NO4. The van der Waals surface area contributed by atoms with Crippen molar-refractivity contribution in [2.75, 3.05) is 0 Å². The van der Waals surface area contributed by atoms with Gasteiger partial charge in [-0.2, -0.15) is 8.78 Å². The SMILES string of the molecule is Cc1cc(CC(F)(F)C(=O)O)ccc1[N+](=O)[O-]. The Morgan fingerprint density at radius 2 is 2.12 bits per heavy atom. The second-order valence-electron chi connectivity index (χ2n) is 3.56. The summed E-state index contributed by atoms with van der Waals surface area (Å²) in [6, 6.07) is 3.40. The van der Waals surface area contributed by atoms with Gasteiger partial charge in [0.25, 0.3) is 5.69 Å². The van der Waals surface area contributed by atoms with Gasteiger partial charge < -0.3 is 5.11 Å². The maximum atomic E-state index is 12.9. The third-order valence-electron chi connectivity index (χ3n) is 2.20. The fraction of sp³-hybridized carbons (Fsp3) is 0.300. The van der Waals surface area contributed by atoms with Crippen molar-refractivity contribution in [1.29, 1.82) is 0 Å². The summed E-state index contributed by atoms with van der Waals surface area (Å²) in [7, 11) is 0. The average Bonchev–Trinajstić information content (AvgIpc) is 2.15. The molecule has 1 N–H and O–H groups in total. The molecule has 0 aliphatic rings. The quantitative estimate of drug-likeness (QED) is 0.651. The van der Waals surface area contributed by atoms with Gasteiger partial charge in [0.15, 0.2) is 0 Å². The number of nitrogens with zero attached hydrogens (tertiary/aromatic N) is 1. The molecule has 1 aromatic carbocycles. The van der Waals surface area contributed by atoms with Crippen LogP contribution in [0.2, 0.25) is 0 Å². The van der Waals surface area contributed by atoms with Crippen LogP contribution in [0.3, 0.4) is 0 Å². The number of carbonyl (C=O) groups is 1. The molecule has 0 saturated carbocycles. The molecule has 0 spiro atoms. The number of hydrogen-bond donors (Lipinski definition) is 1. The Labute approximate surface area is 94.8 Å². The van der Waals surface area contributed by atoms with E-state index in [0.717, 1.165) is 12.1 Å². The molecule has 0 amide bonds. The summed E-state index contributed by atoms with van der Waals surface area (Å²) in [6.45, 7) is 1.40. The third-order valence-corrected chi connectivity index (χ3v) is 2.20. The molecular weight excluding hydrogens is 236 g/mol. The maximum Gasteiger partial charge on any atom is 0.374 e. The molecule has 0 saturated heterocycles. The molecule has 0 aliphatic carbocycles. The van der Waals surface area contributed by atoms with Gasteiger partial charge in [0.2, 0.25) is 0 Å². The Morgan fingerprint density at radius 3 is 2.53 bits per heavy atom. The standard InChI is InChI=1S/C10H9F2NO4/c1-6-4-7(2-3-8(6)13(16)17)5-10(11,12)9(14)15/h2-4H,5H2,1H3,(H,14,15). The van der Waals surface area contributed by atoms with Crippen molar-refractivity contribution in [3.63, 3.8) is 0 Å². The summed E-state index contributed by atoms with van der Waals surface area (Å²) in [5.41, 5.74) is 0.0709. The molecule has 0 atom stereocenters. The molecule has 0 bridgehead atoms. The van der Waals surface area contributed by atoms with Crippen LogP contribution >= 0.6 is 0 Å². The zero-order chi connectivity index (χ0) is 13.2. The maximum absolute atomic E-state index is 12.9. The van der Waals surface area contributed by atoms with Gasteiger partial charge in [-0.3, -0.25) is 10.1 Å². The molecule has 5 nitrogen and oxygen atoms in total. The molecule has 7 heteroatoms. The van der Waals surface area contributed by atoms with Crippen LogP contribution in [0.1, 0.15) is 11.1 Å². The van der Waals surface area contributed by atoms with E-state index in [1.54, 1.807) is 0 Å². The summed E-state index contributed by atoms with van der Waals surface area (Å²) >= 11 is 0. The summed E-state index contributed by atoms with van der Waals surface area (Å²) in [5, 5.41) is 18.7. The van der Waals surface area contributed by atoms with Crippen LogP contribution in [0.5, 0.6) is 0 Å². The summed E-state index contributed by atoms with van der Waals surface area (Å²) in [4.78, 5) is 20.1. The monoisotopic (exact) mass is 245 g/mol. The number of carboxylic acids is 1. The number of carboxylic acid groups (broad SMARTS) is 1. The summed E-state index contributed by atoms with van der Waals surface area (Å²) in [5.74, 6) is -6.09. The van der Waals surface area contributed by atoms with E-state index in [4.69, 9.17) is 5.11 Å². The number of aliphatic carboxylic acids is 1. The fourth-order valence-electron chi connectivity index (χ4n) is 1.36. The van der Waals surface area contributed by atoms with Crippen LogP contribution in [0.4, 0.5) is 14.5 Å². The van der Waals surface area contributed by atoms with Gasteiger partial charge in [0, 0.05) is 18.1 Å². The molecule has 0 heterocycles. The molecule has 1 rings (SSSR count). The van der Waals surface area contributed by atoms with Gasteiger partial charge in [0.05, 0.1) is 4.92 Å². The number of nitro groups is 1. The predicted molar refractivity (Wildman–Crippen MR) is 54.1 cm³/mol. The summed E-state index contributed by atoms with van der Waals surface area (Å²) < 4.78 is 25.8. The van der Waals surface area contributed by atoms with Crippen molar-refractivity contribution < 1.29 is 23.6 Å². The van der Waals surface area contributed by atoms with Gasteiger partial charge in [-0.1, -0.05) is 6.07 Å². The second-order valence-corrected chi connectivity index (χ2v) is 3.56. The topological polar surface area (TPSA) is 80.4 Å². The van der Waals surface area contributed by atoms with E-state index in [-0.39, 0.29) is 16.8 Å². The lowest BCUT2D eigenvalue weighted by Crippen LogP contribution is -2.30.